The third-order valence-electron chi connectivity index (χ3n) is 4.44. The largest absolute Gasteiger partial charge is 0.397 e. The molecule has 5 nitrogen and oxygen atoms in total. The van der Waals surface area contributed by atoms with Gasteiger partial charge in [0.15, 0.2) is 0 Å². The van der Waals surface area contributed by atoms with Gasteiger partial charge in [0.05, 0.1) is 17.8 Å². The number of amides is 1. The van der Waals surface area contributed by atoms with E-state index in [4.69, 9.17) is 5.73 Å². The first-order valence-electron chi connectivity index (χ1n) is 7.18. The zero-order valence-electron chi connectivity index (χ0n) is 12.1. The van der Waals surface area contributed by atoms with Crippen LogP contribution in [0.5, 0.6) is 0 Å². The fraction of sp³-hybridized carbons (Fsp3) is 0.533. The smallest absolute Gasteiger partial charge is 0.228 e. The van der Waals surface area contributed by atoms with Crippen LogP contribution in [0.2, 0.25) is 0 Å². The average Bonchev–Trinajstić information content (AvgIpc) is 2.93. The Kier molecular flexibility index (Phi) is 3.30. The third kappa shape index (κ3) is 2.33. The second-order valence-corrected chi connectivity index (χ2v) is 5.95. The van der Waals surface area contributed by atoms with E-state index in [1.807, 2.05) is 12.1 Å². The highest BCUT2D eigenvalue weighted by Crippen LogP contribution is 2.33. The molecular weight excluding hydrogens is 252 g/mol. The van der Waals surface area contributed by atoms with Crippen molar-refractivity contribution in [2.75, 3.05) is 43.1 Å². The van der Waals surface area contributed by atoms with Crippen LogP contribution in [0.25, 0.3) is 0 Å². The maximum atomic E-state index is 11.4. The number of nitrogen functional groups attached to an aromatic ring is 1. The predicted molar refractivity (Wildman–Crippen MR) is 82.1 cm³/mol. The molecule has 1 aromatic carbocycles. The molecule has 0 aromatic heterocycles. The van der Waals surface area contributed by atoms with Gasteiger partial charge in [-0.15, -0.1) is 0 Å². The minimum Gasteiger partial charge on any atom is -0.397 e. The van der Waals surface area contributed by atoms with Gasteiger partial charge in [-0.05, 0) is 44.1 Å². The molecule has 2 aliphatic heterocycles. The zero-order valence-corrected chi connectivity index (χ0v) is 12.1. The van der Waals surface area contributed by atoms with Crippen molar-refractivity contribution in [3.8, 4) is 0 Å². The monoisotopic (exact) mass is 274 g/mol. The summed E-state index contributed by atoms with van der Waals surface area (Å²) in [5.41, 5.74) is 9.82. The van der Waals surface area contributed by atoms with Crippen LogP contribution in [0.15, 0.2) is 12.1 Å². The summed E-state index contributed by atoms with van der Waals surface area (Å²) in [7, 11) is 4.25. The number of likely N-dealkylation sites (tertiary alicyclic amines) is 1. The summed E-state index contributed by atoms with van der Waals surface area (Å²) in [6.07, 6.45) is 2.95. The number of nitrogens with two attached hydrogens (primary N) is 1. The maximum Gasteiger partial charge on any atom is 0.228 e. The Morgan fingerprint density at radius 1 is 1.50 bits per heavy atom. The molecule has 2 heterocycles. The van der Waals surface area contributed by atoms with Gasteiger partial charge in [-0.25, -0.2) is 0 Å². The molecule has 0 bridgehead atoms. The standard InChI is InChI=1S/C15H22N4O/c1-18-5-3-4-11(18)9-19(2)14-8-13-10(6-12(14)16)7-15(20)17-13/h6,8,11H,3-5,7,9,16H2,1-2H3,(H,17,20). The van der Waals surface area contributed by atoms with Gasteiger partial charge >= 0.3 is 0 Å². The van der Waals surface area contributed by atoms with Crippen molar-refractivity contribution in [3.63, 3.8) is 0 Å². The number of carbonyl (C=O) groups is 1. The number of likely N-dealkylation sites (N-methyl/N-ethyl adjacent to an activating group) is 2. The van der Waals surface area contributed by atoms with Gasteiger partial charge in [0.25, 0.3) is 0 Å². The number of hydrogen-bond donors (Lipinski definition) is 2. The van der Waals surface area contributed by atoms with Crippen LogP contribution in [0.3, 0.4) is 0 Å². The summed E-state index contributed by atoms with van der Waals surface area (Å²) in [5, 5.41) is 2.89. The number of nitrogens with zero attached hydrogens (tertiary/aromatic N) is 2. The molecule has 0 saturated carbocycles. The lowest BCUT2D eigenvalue weighted by molar-refractivity contribution is -0.115. The van der Waals surface area contributed by atoms with Crippen molar-refractivity contribution in [1.82, 2.24) is 4.90 Å². The summed E-state index contributed by atoms with van der Waals surface area (Å²) in [4.78, 5) is 16.0. The molecule has 1 aromatic rings. The molecule has 1 fully saturated rings. The van der Waals surface area contributed by atoms with Crippen LogP contribution < -0.4 is 16.0 Å². The minimum atomic E-state index is 0.0507. The summed E-state index contributed by atoms with van der Waals surface area (Å²) < 4.78 is 0. The van der Waals surface area contributed by atoms with Crippen LogP contribution in [0.4, 0.5) is 17.1 Å². The fourth-order valence-electron chi connectivity index (χ4n) is 3.24. The van der Waals surface area contributed by atoms with Gasteiger partial charge in [-0.2, -0.15) is 0 Å². The van der Waals surface area contributed by atoms with E-state index < -0.39 is 0 Å². The molecule has 108 valence electrons. The Labute approximate surface area is 119 Å². The normalized spacial score (nSPS) is 21.9. The van der Waals surface area contributed by atoms with Crippen LogP contribution in [0, 0.1) is 0 Å². The lowest BCUT2D eigenvalue weighted by Crippen LogP contribution is -2.36. The molecule has 1 unspecified atom stereocenters. The van der Waals surface area contributed by atoms with Crippen molar-refractivity contribution in [1.29, 1.82) is 0 Å². The number of fused-ring (bicyclic) bond motifs is 1. The van der Waals surface area contributed by atoms with Crippen molar-refractivity contribution in [2.24, 2.45) is 0 Å². The van der Waals surface area contributed by atoms with E-state index in [2.05, 4.69) is 29.2 Å². The van der Waals surface area contributed by atoms with E-state index in [0.717, 1.165) is 29.2 Å². The number of nitrogens with one attached hydrogen (secondary N) is 1. The number of hydrogen-bond acceptors (Lipinski definition) is 4. The first-order chi connectivity index (χ1) is 9.54. The predicted octanol–water partition coefficient (Wildman–Crippen LogP) is 1.29. The van der Waals surface area contributed by atoms with Crippen LogP contribution >= 0.6 is 0 Å². The Hall–Kier alpha value is -1.75. The molecule has 1 saturated heterocycles. The SMILES string of the molecule is CN(CC1CCCN1C)c1cc2c(cc1N)CC(=O)N2. The lowest BCUT2D eigenvalue weighted by atomic mass is 10.1. The van der Waals surface area contributed by atoms with E-state index in [9.17, 15) is 4.79 Å². The van der Waals surface area contributed by atoms with Gasteiger partial charge in [-0.1, -0.05) is 0 Å². The summed E-state index contributed by atoms with van der Waals surface area (Å²) in [5.74, 6) is 0.0507. The Bertz CT molecular complexity index is 543. The molecule has 0 spiro atoms. The van der Waals surface area contributed by atoms with Crippen molar-refractivity contribution >= 4 is 23.0 Å². The summed E-state index contributed by atoms with van der Waals surface area (Å²) in [6.45, 7) is 2.14. The maximum absolute atomic E-state index is 11.4. The van der Waals surface area contributed by atoms with Gasteiger partial charge < -0.3 is 20.9 Å². The third-order valence-corrected chi connectivity index (χ3v) is 4.44. The second-order valence-electron chi connectivity index (χ2n) is 5.95. The molecule has 3 rings (SSSR count). The van der Waals surface area contributed by atoms with E-state index >= 15 is 0 Å². The highest BCUT2D eigenvalue weighted by Gasteiger charge is 2.24. The molecule has 1 amide bonds. The molecule has 3 N–H and O–H groups in total. The lowest BCUT2D eigenvalue weighted by Gasteiger charge is -2.28. The quantitative estimate of drug-likeness (QED) is 0.816. The first-order valence-corrected chi connectivity index (χ1v) is 7.18. The van der Waals surface area contributed by atoms with Crippen molar-refractivity contribution < 1.29 is 4.79 Å². The van der Waals surface area contributed by atoms with E-state index in [-0.39, 0.29) is 5.91 Å². The van der Waals surface area contributed by atoms with E-state index in [1.54, 1.807) is 0 Å². The first kappa shape index (κ1) is 13.2. The van der Waals surface area contributed by atoms with E-state index in [1.165, 1.54) is 19.4 Å². The van der Waals surface area contributed by atoms with Crippen LogP contribution in [-0.4, -0.2) is 44.0 Å². The van der Waals surface area contributed by atoms with Crippen molar-refractivity contribution in [3.05, 3.63) is 17.7 Å². The Balaban J connectivity index is 1.79. The van der Waals surface area contributed by atoms with Crippen LogP contribution in [-0.2, 0) is 11.2 Å². The number of carbonyl (C=O) groups excluding carboxylic acids is 1. The zero-order chi connectivity index (χ0) is 14.3. The highest BCUT2D eigenvalue weighted by molar-refractivity contribution is 6.00. The van der Waals surface area contributed by atoms with Gasteiger partial charge in [0.1, 0.15) is 0 Å². The second kappa shape index (κ2) is 4.98. The van der Waals surface area contributed by atoms with Crippen LogP contribution in [0.1, 0.15) is 18.4 Å². The molecular formula is C15H22N4O. The van der Waals surface area contributed by atoms with Gasteiger partial charge in [-0.3, -0.25) is 4.79 Å². The molecule has 2 aliphatic rings. The minimum absolute atomic E-state index is 0.0507. The number of rotatable bonds is 3. The van der Waals surface area contributed by atoms with E-state index in [0.29, 0.717) is 12.5 Å². The molecule has 0 aliphatic carbocycles. The van der Waals surface area contributed by atoms with Gasteiger partial charge in [0.2, 0.25) is 5.91 Å². The highest BCUT2D eigenvalue weighted by atomic mass is 16.1. The Morgan fingerprint density at radius 2 is 2.30 bits per heavy atom. The molecule has 0 radical (unpaired) electrons. The summed E-state index contributed by atoms with van der Waals surface area (Å²) in [6, 6.07) is 4.52. The summed E-state index contributed by atoms with van der Waals surface area (Å²) >= 11 is 0. The van der Waals surface area contributed by atoms with Crippen molar-refractivity contribution in [2.45, 2.75) is 25.3 Å². The molecule has 1 atom stereocenters. The number of benzene rings is 1. The Morgan fingerprint density at radius 3 is 3.00 bits per heavy atom. The van der Waals surface area contributed by atoms with Gasteiger partial charge in [0, 0.05) is 25.3 Å². The molecule has 20 heavy (non-hydrogen) atoms. The fourth-order valence-corrected chi connectivity index (χ4v) is 3.24. The average molecular weight is 274 g/mol. The number of anilines is 3. The molecule has 5 heteroatoms. The topological polar surface area (TPSA) is 61.6 Å².